The SMILES string of the molecule is Cc1cc(C)cc(-c2ncnc3c4ccc5ccccc5c4n(C)c23)c1. The van der Waals surface area contributed by atoms with Crippen LogP contribution in [-0.4, -0.2) is 14.5 Å². The third-order valence-electron chi connectivity index (χ3n) is 5.14. The second-order valence-corrected chi connectivity index (χ2v) is 7.04. The van der Waals surface area contributed by atoms with Gasteiger partial charge < -0.3 is 4.57 Å². The van der Waals surface area contributed by atoms with Crippen LogP contribution in [0.25, 0.3) is 44.0 Å². The first kappa shape index (κ1) is 15.1. The fraction of sp³-hybridized carbons (Fsp3) is 0.130. The molecular formula is C23H19N3. The molecule has 5 rings (SSSR count). The quantitative estimate of drug-likeness (QED) is 0.401. The standard InChI is InChI=1S/C23H19N3/c1-14-10-15(2)12-17(11-14)20-23-21(25-13-24-20)19-9-8-16-6-4-5-7-18(16)22(19)26(23)3/h4-13H,1-3H3. The maximum Gasteiger partial charge on any atom is 0.116 e. The van der Waals surface area contributed by atoms with Crippen LogP contribution in [0.3, 0.4) is 0 Å². The Balaban J connectivity index is 1.97. The Bertz CT molecular complexity index is 1290. The van der Waals surface area contributed by atoms with E-state index >= 15 is 0 Å². The van der Waals surface area contributed by atoms with Gasteiger partial charge in [0.1, 0.15) is 11.8 Å². The molecule has 0 spiro atoms. The average molecular weight is 337 g/mol. The Morgan fingerprint density at radius 1 is 0.769 bits per heavy atom. The molecule has 0 atom stereocenters. The minimum absolute atomic E-state index is 0.990. The summed E-state index contributed by atoms with van der Waals surface area (Å²) in [6, 6.07) is 19.5. The van der Waals surface area contributed by atoms with Crippen LogP contribution in [0.15, 0.2) is 60.9 Å². The van der Waals surface area contributed by atoms with Crippen LogP contribution in [0.2, 0.25) is 0 Å². The molecule has 0 bridgehead atoms. The molecule has 0 aliphatic heterocycles. The number of fused-ring (bicyclic) bond motifs is 5. The van der Waals surface area contributed by atoms with Crippen LogP contribution < -0.4 is 0 Å². The smallest absolute Gasteiger partial charge is 0.116 e. The first-order valence-electron chi connectivity index (χ1n) is 8.83. The predicted octanol–water partition coefficient (Wildman–Crippen LogP) is 5.56. The average Bonchev–Trinajstić information content (AvgIpc) is 2.94. The lowest BCUT2D eigenvalue weighted by Crippen LogP contribution is -1.95. The van der Waals surface area contributed by atoms with Crippen LogP contribution in [0.4, 0.5) is 0 Å². The molecule has 0 fully saturated rings. The lowest BCUT2D eigenvalue weighted by molar-refractivity contribution is 1.01. The lowest BCUT2D eigenvalue weighted by Gasteiger charge is -2.08. The van der Waals surface area contributed by atoms with Gasteiger partial charge in [0.05, 0.1) is 16.7 Å². The number of nitrogens with zero attached hydrogens (tertiary/aromatic N) is 3. The Morgan fingerprint density at radius 3 is 2.35 bits per heavy atom. The first-order valence-corrected chi connectivity index (χ1v) is 8.83. The third kappa shape index (κ3) is 2.07. The Hall–Kier alpha value is -3.20. The summed E-state index contributed by atoms with van der Waals surface area (Å²) in [6.45, 7) is 4.26. The van der Waals surface area contributed by atoms with Gasteiger partial charge >= 0.3 is 0 Å². The van der Waals surface area contributed by atoms with Gasteiger partial charge in [-0.05, 0) is 37.4 Å². The van der Waals surface area contributed by atoms with Crippen LogP contribution in [-0.2, 0) is 7.05 Å². The summed E-state index contributed by atoms with van der Waals surface area (Å²) in [5.74, 6) is 0. The molecule has 0 aliphatic rings. The van der Waals surface area contributed by atoms with E-state index < -0.39 is 0 Å². The first-order chi connectivity index (χ1) is 12.6. The summed E-state index contributed by atoms with van der Waals surface area (Å²) in [5.41, 5.74) is 7.94. The highest BCUT2D eigenvalue weighted by molar-refractivity contribution is 6.18. The fourth-order valence-corrected chi connectivity index (χ4v) is 4.14. The van der Waals surface area contributed by atoms with Crippen LogP contribution >= 0.6 is 0 Å². The monoisotopic (exact) mass is 337 g/mol. The van der Waals surface area contributed by atoms with Gasteiger partial charge in [-0.25, -0.2) is 9.97 Å². The minimum atomic E-state index is 0.990. The van der Waals surface area contributed by atoms with Crippen LogP contribution in [0.5, 0.6) is 0 Å². The summed E-state index contributed by atoms with van der Waals surface area (Å²) >= 11 is 0. The molecule has 0 saturated heterocycles. The van der Waals surface area contributed by atoms with Crippen molar-refractivity contribution in [2.45, 2.75) is 13.8 Å². The van der Waals surface area contributed by atoms with Crippen molar-refractivity contribution in [3.8, 4) is 11.3 Å². The number of aromatic nitrogens is 3. The van der Waals surface area contributed by atoms with Gasteiger partial charge in [0, 0.05) is 23.4 Å². The van der Waals surface area contributed by atoms with Gasteiger partial charge in [0.15, 0.2) is 0 Å². The van der Waals surface area contributed by atoms with Gasteiger partial charge in [0.25, 0.3) is 0 Å². The number of benzene rings is 3. The maximum absolute atomic E-state index is 4.66. The minimum Gasteiger partial charge on any atom is -0.340 e. The van der Waals surface area contributed by atoms with Gasteiger partial charge in [0.2, 0.25) is 0 Å². The molecule has 0 amide bonds. The van der Waals surface area contributed by atoms with E-state index in [1.165, 1.54) is 32.8 Å². The molecule has 0 radical (unpaired) electrons. The zero-order valence-electron chi connectivity index (χ0n) is 15.1. The molecule has 0 saturated carbocycles. The summed E-state index contributed by atoms with van der Waals surface area (Å²) in [4.78, 5) is 9.30. The fourth-order valence-electron chi connectivity index (χ4n) is 4.14. The van der Waals surface area contributed by atoms with Crippen molar-refractivity contribution < 1.29 is 0 Å². The highest BCUT2D eigenvalue weighted by atomic mass is 15.0. The zero-order chi connectivity index (χ0) is 17.8. The predicted molar refractivity (Wildman–Crippen MR) is 108 cm³/mol. The molecule has 3 nitrogen and oxygen atoms in total. The van der Waals surface area contributed by atoms with E-state index in [1.807, 2.05) is 0 Å². The van der Waals surface area contributed by atoms with Crippen molar-refractivity contribution in [3.05, 3.63) is 72.1 Å². The van der Waals surface area contributed by atoms with Gasteiger partial charge in [-0.2, -0.15) is 0 Å². The van der Waals surface area contributed by atoms with E-state index in [1.54, 1.807) is 6.33 Å². The third-order valence-corrected chi connectivity index (χ3v) is 5.14. The van der Waals surface area contributed by atoms with E-state index in [2.05, 4.69) is 90.0 Å². The van der Waals surface area contributed by atoms with Gasteiger partial charge in [-0.15, -0.1) is 0 Å². The summed E-state index contributed by atoms with van der Waals surface area (Å²) in [6.07, 6.45) is 1.68. The van der Waals surface area contributed by atoms with Gasteiger partial charge in [-0.3, -0.25) is 0 Å². The summed E-state index contributed by atoms with van der Waals surface area (Å²) < 4.78 is 2.25. The molecule has 0 N–H and O–H groups in total. The normalized spacial score (nSPS) is 11.7. The van der Waals surface area contributed by atoms with Crippen LogP contribution in [0.1, 0.15) is 11.1 Å². The van der Waals surface area contributed by atoms with Crippen molar-refractivity contribution in [2.75, 3.05) is 0 Å². The van der Waals surface area contributed by atoms with E-state index in [4.69, 9.17) is 0 Å². The Kier molecular flexibility index (Phi) is 3.13. The second-order valence-electron chi connectivity index (χ2n) is 7.04. The molecule has 0 unspecified atom stereocenters. The van der Waals surface area contributed by atoms with Gasteiger partial charge in [-0.1, -0.05) is 47.5 Å². The number of hydrogen-bond donors (Lipinski definition) is 0. The highest BCUT2D eigenvalue weighted by Crippen LogP contribution is 2.36. The number of rotatable bonds is 1. The second kappa shape index (κ2) is 5.40. The summed E-state index contributed by atoms with van der Waals surface area (Å²) in [5, 5.41) is 3.66. The van der Waals surface area contributed by atoms with E-state index in [0.717, 1.165) is 22.3 Å². The molecule has 126 valence electrons. The number of aryl methyl sites for hydroxylation is 3. The molecule has 0 aliphatic carbocycles. The van der Waals surface area contributed by atoms with Crippen molar-refractivity contribution in [1.82, 2.24) is 14.5 Å². The summed E-state index contributed by atoms with van der Waals surface area (Å²) in [7, 11) is 2.12. The highest BCUT2D eigenvalue weighted by Gasteiger charge is 2.17. The molecule has 3 heteroatoms. The maximum atomic E-state index is 4.66. The van der Waals surface area contributed by atoms with Crippen molar-refractivity contribution in [1.29, 1.82) is 0 Å². The zero-order valence-corrected chi connectivity index (χ0v) is 15.1. The van der Waals surface area contributed by atoms with Crippen molar-refractivity contribution in [3.63, 3.8) is 0 Å². The molecule has 3 aromatic carbocycles. The number of hydrogen-bond acceptors (Lipinski definition) is 2. The van der Waals surface area contributed by atoms with E-state index in [0.29, 0.717) is 0 Å². The van der Waals surface area contributed by atoms with E-state index in [-0.39, 0.29) is 0 Å². The van der Waals surface area contributed by atoms with Crippen molar-refractivity contribution >= 4 is 32.7 Å². The lowest BCUT2D eigenvalue weighted by atomic mass is 10.0. The van der Waals surface area contributed by atoms with Crippen LogP contribution in [0, 0.1) is 13.8 Å². The molecule has 5 aromatic rings. The molecule has 26 heavy (non-hydrogen) atoms. The topological polar surface area (TPSA) is 30.7 Å². The molecular weight excluding hydrogens is 318 g/mol. The molecule has 2 aromatic heterocycles. The largest absolute Gasteiger partial charge is 0.340 e. The Morgan fingerprint density at radius 2 is 1.54 bits per heavy atom. The molecule has 2 heterocycles. The van der Waals surface area contributed by atoms with E-state index in [9.17, 15) is 0 Å². The Labute approximate surface area is 151 Å². The van der Waals surface area contributed by atoms with Crippen molar-refractivity contribution in [2.24, 2.45) is 7.05 Å².